The molecule has 0 atom stereocenters. The third kappa shape index (κ3) is 83.5. The van der Waals surface area contributed by atoms with Gasteiger partial charge in [0, 0.05) is 52.4 Å². The molecule has 0 rings (SSSR count). The summed E-state index contributed by atoms with van der Waals surface area (Å²) in [4.78, 5) is 5.97. The van der Waals surface area contributed by atoms with Crippen molar-refractivity contribution in [3.63, 3.8) is 0 Å². The molecule has 38 heavy (non-hydrogen) atoms. The summed E-state index contributed by atoms with van der Waals surface area (Å²) in [6, 6.07) is 0. The fourth-order valence-electron chi connectivity index (χ4n) is 1.84. The minimum atomic E-state index is 0.0694. The Morgan fingerprint density at radius 1 is 0.526 bits per heavy atom. The molecule has 0 bridgehead atoms. The number of hydrogen-bond donors (Lipinski definition) is 11. The normalized spacial score (nSPS) is 9.63. The number of nitrogens with zero attached hydrogens (tertiary/aromatic N) is 3. The molecule has 0 amide bonds. The van der Waals surface area contributed by atoms with Gasteiger partial charge in [-0.05, 0) is 41.3 Å². The number of aliphatic hydroxyl groups is 8. The van der Waals surface area contributed by atoms with Crippen LogP contribution in [0, 0.1) is 0 Å². The lowest BCUT2D eigenvalue weighted by molar-refractivity contribution is 0.136. The lowest BCUT2D eigenvalue weighted by Gasteiger charge is -2.17. The number of aliphatic hydroxyl groups excluding tert-OH is 8. The second-order valence-corrected chi connectivity index (χ2v) is 7.64. The smallest absolute Gasteiger partial charge is 0.0558 e. The highest BCUT2D eigenvalue weighted by atomic mass is 16.3. The lowest BCUT2D eigenvalue weighted by atomic mass is 10.4. The summed E-state index contributed by atoms with van der Waals surface area (Å²) in [5, 5.41) is 71.5. The van der Waals surface area contributed by atoms with Crippen LogP contribution < -0.4 is 16.4 Å². The quantitative estimate of drug-likeness (QED) is 0.0747. The maximum Gasteiger partial charge on any atom is 0.0558 e. The van der Waals surface area contributed by atoms with Crippen molar-refractivity contribution in [2.45, 2.75) is 13.8 Å². The fraction of sp³-hybridized carbons (Fsp3) is 1.00. The van der Waals surface area contributed by atoms with E-state index in [9.17, 15) is 0 Å². The Labute approximate surface area is 232 Å². The van der Waals surface area contributed by atoms with Gasteiger partial charge in [-0.25, -0.2) is 0 Å². The predicted octanol–water partition coefficient (Wildman–Crippen LogP) is -4.54. The molecular formula is C24H66N6O8. The third-order valence-corrected chi connectivity index (χ3v) is 3.63. The van der Waals surface area contributed by atoms with Crippen molar-refractivity contribution in [3.05, 3.63) is 0 Å². The highest BCUT2D eigenvalue weighted by molar-refractivity contribution is 4.54. The first kappa shape index (κ1) is 50.3. The molecule has 0 aromatic heterocycles. The minimum absolute atomic E-state index is 0.0694. The second-order valence-electron chi connectivity index (χ2n) is 7.64. The van der Waals surface area contributed by atoms with Crippen LogP contribution in [0.15, 0.2) is 0 Å². The Morgan fingerprint density at radius 3 is 0.947 bits per heavy atom. The summed E-state index contributed by atoms with van der Waals surface area (Å²) >= 11 is 0. The maximum absolute atomic E-state index is 8.48. The molecule has 0 aliphatic heterocycles. The molecule has 0 unspecified atom stereocenters. The van der Waals surface area contributed by atoms with Crippen molar-refractivity contribution in [1.82, 2.24) is 25.3 Å². The zero-order valence-corrected chi connectivity index (χ0v) is 25.2. The van der Waals surface area contributed by atoms with E-state index in [1.807, 2.05) is 26.0 Å². The third-order valence-electron chi connectivity index (χ3n) is 3.63. The van der Waals surface area contributed by atoms with Crippen molar-refractivity contribution < 1.29 is 40.9 Å². The largest absolute Gasteiger partial charge is 0.395 e. The van der Waals surface area contributed by atoms with Crippen molar-refractivity contribution >= 4 is 0 Å². The highest BCUT2D eigenvalue weighted by Gasteiger charge is 2.00. The van der Waals surface area contributed by atoms with Crippen LogP contribution >= 0.6 is 0 Å². The molecule has 0 saturated heterocycles. The van der Waals surface area contributed by atoms with Gasteiger partial charge in [0.1, 0.15) is 0 Å². The Morgan fingerprint density at radius 2 is 0.816 bits per heavy atom. The zero-order chi connectivity index (χ0) is 30.9. The molecule has 12 N–H and O–H groups in total. The summed E-state index contributed by atoms with van der Waals surface area (Å²) < 4.78 is 0. The van der Waals surface area contributed by atoms with Gasteiger partial charge in [-0.1, -0.05) is 13.8 Å². The van der Waals surface area contributed by atoms with Crippen LogP contribution in [-0.4, -0.2) is 202 Å². The monoisotopic (exact) mass is 566 g/mol. The Hall–Kier alpha value is -0.560. The van der Waals surface area contributed by atoms with Crippen molar-refractivity contribution in [3.8, 4) is 0 Å². The van der Waals surface area contributed by atoms with Gasteiger partial charge in [-0.15, -0.1) is 0 Å². The SMILES string of the molecule is CCN(CC)CCO.CN(C)C.CNCCO.NCCO.OCCN(CCO)CCO.OCCNCCO. The summed E-state index contributed by atoms with van der Waals surface area (Å²) in [5.41, 5.74) is 4.78. The van der Waals surface area contributed by atoms with E-state index in [0.29, 0.717) is 45.8 Å². The van der Waals surface area contributed by atoms with Gasteiger partial charge in [0.15, 0.2) is 0 Å². The number of likely N-dealkylation sites (N-methyl/N-ethyl adjacent to an activating group) is 2. The van der Waals surface area contributed by atoms with Crippen LogP contribution in [0.4, 0.5) is 0 Å². The first-order valence-electron chi connectivity index (χ1n) is 13.2. The van der Waals surface area contributed by atoms with E-state index in [0.717, 1.165) is 19.6 Å². The van der Waals surface area contributed by atoms with Crippen molar-refractivity contribution in [1.29, 1.82) is 0 Å². The summed E-state index contributed by atoms with van der Waals surface area (Å²) in [6.07, 6.45) is 0. The van der Waals surface area contributed by atoms with Gasteiger partial charge >= 0.3 is 0 Å². The molecule has 0 saturated carbocycles. The van der Waals surface area contributed by atoms with Gasteiger partial charge in [-0.3, -0.25) is 4.90 Å². The molecule has 0 heterocycles. The molecule has 0 aliphatic carbocycles. The molecule has 14 nitrogen and oxygen atoms in total. The molecule has 14 heteroatoms. The first-order chi connectivity index (χ1) is 18.2. The average molecular weight is 567 g/mol. The Bertz CT molecular complexity index is 301. The standard InChI is InChI=1S/C6H15NO3.C6H15NO.C4H11NO2.C3H9NO.C3H9N.C2H7NO/c8-4-1-7(2-5-9)3-6-10;1-3-7(4-2)5-6-8;6-3-1-5-2-4-7;1-4-2-3-5;1-4(2)3;3-1-2-4/h8-10H,1-6H2;8H,3-6H2,1-2H3;5-7H,1-4H2;4-5H,2-3H2,1H3;1-3H3;4H,1-3H2. The first-order valence-corrected chi connectivity index (χ1v) is 13.2. The molecule has 0 fully saturated rings. The second kappa shape index (κ2) is 56.6. The van der Waals surface area contributed by atoms with Crippen LogP contribution in [0.3, 0.4) is 0 Å². The van der Waals surface area contributed by atoms with Crippen LogP contribution in [0.25, 0.3) is 0 Å². The summed E-state index contributed by atoms with van der Waals surface area (Å²) in [7, 11) is 7.80. The molecular weight excluding hydrogens is 500 g/mol. The van der Waals surface area contributed by atoms with Crippen LogP contribution in [0.1, 0.15) is 13.8 Å². The minimum Gasteiger partial charge on any atom is -0.395 e. The predicted molar refractivity (Wildman–Crippen MR) is 156 cm³/mol. The lowest BCUT2D eigenvalue weighted by Crippen LogP contribution is -2.32. The van der Waals surface area contributed by atoms with Gasteiger partial charge in [-0.2, -0.15) is 0 Å². The fourth-order valence-corrected chi connectivity index (χ4v) is 1.84. The van der Waals surface area contributed by atoms with E-state index in [4.69, 9.17) is 46.6 Å². The number of rotatable bonds is 17. The van der Waals surface area contributed by atoms with Gasteiger partial charge in [0.2, 0.25) is 0 Å². The molecule has 0 spiro atoms. The van der Waals surface area contributed by atoms with Crippen LogP contribution in [0.5, 0.6) is 0 Å². The van der Waals surface area contributed by atoms with Gasteiger partial charge in [0.25, 0.3) is 0 Å². The summed E-state index contributed by atoms with van der Waals surface area (Å²) in [5.74, 6) is 0. The molecule has 0 aliphatic rings. The molecule has 0 radical (unpaired) electrons. The zero-order valence-electron chi connectivity index (χ0n) is 25.2. The Balaban J connectivity index is -0.0000000837. The van der Waals surface area contributed by atoms with E-state index in [1.165, 1.54) is 0 Å². The highest BCUT2D eigenvalue weighted by Crippen LogP contribution is 1.84. The van der Waals surface area contributed by atoms with E-state index in [-0.39, 0.29) is 52.9 Å². The van der Waals surface area contributed by atoms with E-state index < -0.39 is 0 Å². The van der Waals surface area contributed by atoms with Crippen molar-refractivity contribution in [2.75, 3.05) is 146 Å². The molecule has 0 aromatic rings. The average Bonchev–Trinajstić information content (AvgIpc) is 2.89. The van der Waals surface area contributed by atoms with Crippen molar-refractivity contribution in [2.24, 2.45) is 5.73 Å². The number of hydrogen-bond acceptors (Lipinski definition) is 14. The van der Waals surface area contributed by atoms with Crippen LogP contribution in [0.2, 0.25) is 0 Å². The number of nitrogens with one attached hydrogen (secondary N) is 2. The molecule has 240 valence electrons. The topological polar surface area (TPSA) is 222 Å². The Kier molecular flexibility index (Phi) is 74.9. The van der Waals surface area contributed by atoms with E-state index >= 15 is 0 Å². The number of nitrogens with two attached hydrogens (primary N) is 1. The molecule has 0 aromatic carbocycles. The van der Waals surface area contributed by atoms with Crippen LogP contribution in [-0.2, 0) is 0 Å². The maximum atomic E-state index is 8.48. The van der Waals surface area contributed by atoms with E-state index in [2.05, 4.69) is 29.4 Å². The van der Waals surface area contributed by atoms with Gasteiger partial charge < -0.3 is 67.0 Å². The summed E-state index contributed by atoms with van der Waals surface area (Å²) in [6.45, 7) is 11.9. The van der Waals surface area contributed by atoms with E-state index in [1.54, 1.807) is 11.9 Å². The van der Waals surface area contributed by atoms with Gasteiger partial charge in [0.05, 0.1) is 52.9 Å².